The molecule has 2 aromatic carbocycles. The molecule has 1 N–H and O–H groups in total. The second-order valence-corrected chi connectivity index (χ2v) is 8.41. The molecule has 4 aromatic rings. The fourth-order valence-corrected chi connectivity index (χ4v) is 3.49. The average molecular weight is 383 g/mol. The van der Waals surface area contributed by atoms with Gasteiger partial charge in [-0.2, -0.15) is 0 Å². The summed E-state index contributed by atoms with van der Waals surface area (Å²) in [4.78, 5) is 24.3. The highest BCUT2D eigenvalue weighted by molar-refractivity contribution is 5.96. The molecule has 0 fully saturated rings. The minimum absolute atomic E-state index is 0.0962. The van der Waals surface area contributed by atoms with E-state index in [9.17, 15) is 4.79 Å². The number of aromatic nitrogens is 3. The van der Waals surface area contributed by atoms with Crippen molar-refractivity contribution in [3.8, 4) is 11.3 Å². The Morgan fingerprint density at radius 1 is 0.931 bits per heavy atom. The minimum atomic E-state index is 0.0962. The first-order valence-electron chi connectivity index (χ1n) is 9.93. The number of nitrogens with one attached hydrogen (secondary N) is 1. The Balaban J connectivity index is 1.43. The lowest BCUT2D eigenvalue weighted by molar-refractivity contribution is 0.0983. The minimum Gasteiger partial charge on any atom is -0.346 e. The summed E-state index contributed by atoms with van der Waals surface area (Å²) in [6, 6.07) is 18.3. The van der Waals surface area contributed by atoms with Crippen LogP contribution in [0.3, 0.4) is 0 Å². The Kier molecular flexibility index (Phi) is 5.01. The van der Waals surface area contributed by atoms with Crippen molar-refractivity contribution < 1.29 is 4.79 Å². The van der Waals surface area contributed by atoms with Crippen LogP contribution in [0.15, 0.2) is 67.1 Å². The number of aromatic amines is 1. The Bertz CT molecular complexity index is 1130. The molecule has 4 heteroatoms. The third kappa shape index (κ3) is 4.11. The number of fused-ring (bicyclic) bond motifs is 1. The second kappa shape index (κ2) is 7.63. The van der Waals surface area contributed by atoms with Crippen molar-refractivity contribution in [1.29, 1.82) is 0 Å². The molecule has 0 amide bonds. The number of aryl methyl sites for hydroxylation is 1. The monoisotopic (exact) mass is 383 g/mol. The molecule has 0 aliphatic carbocycles. The molecule has 29 heavy (non-hydrogen) atoms. The quantitative estimate of drug-likeness (QED) is 0.447. The highest BCUT2D eigenvalue weighted by Gasteiger charge is 2.14. The number of ketones is 1. The number of rotatable bonds is 5. The summed E-state index contributed by atoms with van der Waals surface area (Å²) in [6.45, 7) is 6.53. The largest absolute Gasteiger partial charge is 0.346 e. The van der Waals surface area contributed by atoms with Crippen LogP contribution >= 0.6 is 0 Å². The zero-order chi connectivity index (χ0) is 20.4. The molecular weight excluding hydrogens is 358 g/mol. The highest BCUT2D eigenvalue weighted by Crippen LogP contribution is 2.25. The molecule has 2 heterocycles. The van der Waals surface area contributed by atoms with Gasteiger partial charge in [0, 0.05) is 29.1 Å². The van der Waals surface area contributed by atoms with Gasteiger partial charge in [0.1, 0.15) is 12.0 Å². The molecule has 0 bridgehead atoms. The fourth-order valence-electron chi connectivity index (χ4n) is 3.49. The number of carbonyl (C=O) groups excluding carboxylic acids is 1. The van der Waals surface area contributed by atoms with Gasteiger partial charge in [0.2, 0.25) is 0 Å². The van der Waals surface area contributed by atoms with Crippen LogP contribution < -0.4 is 0 Å². The van der Waals surface area contributed by atoms with E-state index in [0.717, 1.165) is 39.8 Å². The maximum atomic E-state index is 12.6. The molecule has 0 aliphatic rings. The van der Waals surface area contributed by atoms with Crippen molar-refractivity contribution in [2.75, 3.05) is 0 Å². The predicted octanol–water partition coefficient (Wildman–Crippen LogP) is 5.74. The van der Waals surface area contributed by atoms with Gasteiger partial charge < -0.3 is 4.98 Å². The Hall–Kier alpha value is -3.27. The molecular formula is C25H25N3O. The summed E-state index contributed by atoms with van der Waals surface area (Å²) >= 11 is 0. The molecule has 146 valence electrons. The second-order valence-electron chi connectivity index (χ2n) is 8.41. The number of carbonyl (C=O) groups is 1. The molecule has 0 saturated carbocycles. The standard InChI is InChI=1S/C25H25N3O/c1-25(2,3)20-11-9-18(10-12-20)22(29)13-6-17-4-7-19(8-5-17)23-21-14-15-26-24(21)28-16-27-23/h4-5,7-12,14-16H,6,13H2,1-3H3,(H,26,27,28). The van der Waals surface area contributed by atoms with Crippen molar-refractivity contribution in [3.05, 3.63) is 83.8 Å². The van der Waals surface area contributed by atoms with Crippen LogP contribution in [0.5, 0.6) is 0 Å². The van der Waals surface area contributed by atoms with E-state index in [1.807, 2.05) is 24.4 Å². The number of hydrogen-bond donors (Lipinski definition) is 1. The summed E-state index contributed by atoms with van der Waals surface area (Å²) in [7, 11) is 0. The fraction of sp³-hybridized carbons (Fsp3) is 0.240. The van der Waals surface area contributed by atoms with E-state index in [-0.39, 0.29) is 11.2 Å². The molecule has 2 aromatic heterocycles. The molecule has 0 radical (unpaired) electrons. The van der Waals surface area contributed by atoms with Crippen molar-refractivity contribution in [1.82, 2.24) is 15.0 Å². The number of H-pyrrole nitrogens is 1. The van der Waals surface area contributed by atoms with E-state index in [4.69, 9.17) is 0 Å². The Morgan fingerprint density at radius 2 is 1.66 bits per heavy atom. The number of Topliss-reactive ketones (excluding diaryl/α,β-unsaturated/α-hetero) is 1. The van der Waals surface area contributed by atoms with Gasteiger partial charge in [-0.1, -0.05) is 69.3 Å². The summed E-state index contributed by atoms with van der Waals surface area (Å²) in [5, 5.41) is 1.01. The lowest BCUT2D eigenvalue weighted by Gasteiger charge is -2.19. The van der Waals surface area contributed by atoms with E-state index in [2.05, 4.69) is 72.1 Å². The third-order valence-corrected chi connectivity index (χ3v) is 5.29. The number of hydrogen-bond acceptors (Lipinski definition) is 3. The van der Waals surface area contributed by atoms with E-state index < -0.39 is 0 Å². The van der Waals surface area contributed by atoms with E-state index in [0.29, 0.717) is 6.42 Å². The molecule has 4 rings (SSSR count). The van der Waals surface area contributed by atoms with Crippen molar-refractivity contribution >= 4 is 16.8 Å². The van der Waals surface area contributed by atoms with Gasteiger partial charge in [-0.05, 0) is 29.0 Å². The SMILES string of the molecule is CC(C)(C)c1ccc(C(=O)CCc2ccc(-c3ncnc4[nH]ccc34)cc2)cc1. The molecule has 4 nitrogen and oxygen atoms in total. The van der Waals surface area contributed by atoms with Crippen molar-refractivity contribution in [2.45, 2.75) is 39.0 Å². The van der Waals surface area contributed by atoms with Gasteiger partial charge in [-0.15, -0.1) is 0 Å². The summed E-state index contributed by atoms with van der Waals surface area (Å²) < 4.78 is 0. The van der Waals surface area contributed by atoms with Gasteiger partial charge in [0.15, 0.2) is 5.78 Å². The zero-order valence-corrected chi connectivity index (χ0v) is 17.1. The van der Waals surface area contributed by atoms with Crippen LogP contribution in [-0.2, 0) is 11.8 Å². The first-order chi connectivity index (χ1) is 13.9. The summed E-state index contributed by atoms with van der Waals surface area (Å²) in [6.07, 6.45) is 4.68. The van der Waals surface area contributed by atoms with Crippen LogP contribution in [0, 0.1) is 0 Å². The Labute approximate surface area is 171 Å². The van der Waals surface area contributed by atoms with Crippen LogP contribution in [0.4, 0.5) is 0 Å². The zero-order valence-electron chi connectivity index (χ0n) is 17.1. The summed E-state index contributed by atoms with van der Waals surface area (Å²) in [5.74, 6) is 0.180. The summed E-state index contributed by atoms with van der Waals surface area (Å²) in [5.41, 5.74) is 6.06. The van der Waals surface area contributed by atoms with E-state index >= 15 is 0 Å². The van der Waals surface area contributed by atoms with Crippen molar-refractivity contribution in [2.24, 2.45) is 0 Å². The topological polar surface area (TPSA) is 58.6 Å². The molecule has 0 saturated heterocycles. The lowest BCUT2D eigenvalue weighted by Crippen LogP contribution is -2.11. The van der Waals surface area contributed by atoms with Gasteiger partial charge >= 0.3 is 0 Å². The maximum absolute atomic E-state index is 12.6. The van der Waals surface area contributed by atoms with Crippen LogP contribution in [-0.4, -0.2) is 20.7 Å². The van der Waals surface area contributed by atoms with Gasteiger partial charge in [0.05, 0.1) is 5.69 Å². The highest BCUT2D eigenvalue weighted by atomic mass is 16.1. The third-order valence-electron chi connectivity index (χ3n) is 5.29. The number of benzene rings is 2. The first-order valence-corrected chi connectivity index (χ1v) is 9.93. The average Bonchev–Trinajstić information content (AvgIpc) is 3.21. The van der Waals surface area contributed by atoms with Crippen LogP contribution in [0.2, 0.25) is 0 Å². The van der Waals surface area contributed by atoms with E-state index in [1.54, 1.807) is 6.33 Å². The maximum Gasteiger partial charge on any atom is 0.163 e. The van der Waals surface area contributed by atoms with Crippen LogP contribution in [0.1, 0.15) is 48.7 Å². The first kappa shape index (κ1) is 19.1. The lowest BCUT2D eigenvalue weighted by atomic mass is 9.86. The van der Waals surface area contributed by atoms with E-state index in [1.165, 1.54) is 5.56 Å². The molecule has 0 atom stereocenters. The smallest absolute Gasteiger partial charge is 0.163 e. The molecule has 0 aliphatic heterocycles. The molecule has 0 unspecified atom stereocenters. The number of nitrogens with zero attached hydrogens (tertiary/aromatic N) is 2. The van der Waals surface area contributed by atoms with Gasteiger partial charge in [0.25, 0.3) is 0 Å². The Morgan fingerprint density at radius 3 is 2.34 bits per heavy atom. The molecule has 0 spiro atoms. The van der Waals surface area contributed by atoms with Gasteiger partial charge in [-0.25, -0.2) is 9.97 Å². The predicted molar refractivity (Wildman–Crippen MR) is 117 cm³/mol. The van der Waals surface area contributed by atoms with Crippen molar-refractivity contribution in [3.63, 3.8) is 0 Å². The van der Waals surface area contributed by atoms with Gasteiger partial charge in [-0.3, -0.25) is 4.79 Å². The van der Waals surface area contributed by atoms with Crippen LogP contribution in [0.25, 0.3) is 22.3 Å². The normalized spacial score (nSPS) is 11.7.